The predicted molar refractivity (Wildman–Crippen MR) is 40.5 cm³/mol. The average molecular weight is 184 g/mol. The number of halogens is 2. The molecule has 1 aromatic rings. The molecule has 1 rings (SSSR count). The van der Waals surface area contributed by atoms with Crippen molar-refractivity contribution in [3.63, 3.8) is 0 Å². The molecule has 1 heterocycles. The Bertz CT molecular complexity index is 346. The van der Waals surface area contributed by atoms with E-state index in [4.69, 9.17) is 10.00 Å². The number of ether oxygens (including phenoxy) is 1. The lowest BCUT2D eigenvalue weighted by atomic mass is 10.2. The first-order valence-electron chi connectivity index (χ1n) is 3.41. The Morgan fingerprint density at radius 2 is 2.31 bits per heavy atom. The average Bonchev–Trinajstić information content (AvgIpc) is 2.16. The molecular formula is C8H6F2N2O. The van der Waals surface area contributed by atoms with Crippen LogP contribution < -0.4 is 4.74 Å². The number of methoxy groups -OCH3 is 1. The summed E-state index contributed by atoms with van der Waals surface area (Å²) in [7, 11) is 1.35. The van der Waals surface area contributed by atoms with Gasteiger partial charge in [0.1, 0.15) is 17.5 Å². The summed E-state index contributed by atoms with van der Waals surface area (Å²) in [5, 5.41) is 8.44. The Kier molecular flexibility index (Phi) is 2.75. The summed E-state index contributed by atoms with van der Waals surface area (Å²) in [5.74, 6) is 0.217. The maximum Gasteiger partial charge on any atom is 0.266 e. The topological polar surface area (TPSA) is 45.9 Å². The van der Waals surface area contributed by atoms with Crippen molar-refractivity contribution in [2.75, 3.05) is 7.11 Å². The third-order valence-corrected chi connectivity index (χ3v) is 1.47. The summed E-state index contributed by atoms with van der Waals surface area (Å²) in [6.07, 6.45) is -1.48. The number of alkyl halides is 2. The van der Waals surface area contributed by atoms with Crippen molar-refractivity contribution in [3.05, 3.63) is 23.5 Å². The molecule has 0 aromatic carbocycles. The Morgan fingerprint density at radius 3 is 2.77 bits per heavy atom. The summed E-state index contributed by atoms with van der Waals surface area (Å²) in [6, 6.07) is 2.69. The lowest BCUT2D eigenvalue weighted by Crippen LogP contribution is -1.95. The number of hydrogen-bond acceptors (Lipinski definition) is 3. The van der Waals surface area contributed by atoms with Gasteiger partial charge in [-0.25, -0.2) is 13.8 Å². The van der Waals surface area contributed by atoms with E-state index in [9.17, 15) is 8.78 Å². The van der Waals surface area contributed by atoms with Gasteiger partial charge in [-0.3, -0.25) is 0 Å². The summed E-state index contributed by atoms with van der Waals surface area (Å²) in [5.41, 5.74) is -0.669. The standard InChI is InChI=1S/C8H6F2N2O/c1-13-5-2-6(8(9)10)7(3-11)12-4-5/h2,4,8H,1H3. The molecule has 0 saturated heterocycles. The zero-order valence-corrected chi connectivity index (χ0v) is 6.79. The van der Waals surface area contributed by atoms with Gasteiger partial charge in [-0.15, -0.1) is 0 Å². The number of nitriles is 1. The van der Waals surface area contributed by atoms with Crippen LogP contribution in [0.2, 0.25) is 0 Å². The van der Waals surface area contributed by atoms with Crippen molar-refractivity contribution < 1.29 is 13.5 Å². The van der Waals surface area contributed by atoms with Gasteiger partial charge >= 0.3 is 0 Å². The van der Waals surface area contributed by atoms with Crippen LogP contribution in [0, 0.1) is 11.3 Å². The molecule has 0 amide bonds. The molecular weight excluding hydrogens is 178 g/mol. The van der Waals surface area contributed by atoms with E-state index in [2.05, 4.69) is 4.98 Å². The van der Waals surface area contributed by atoms with Gasteiger partial charge < -0.3 is 4.74 Å². The second-order valence-corrected chi connectivity index (χ2v) is 2.23. The van der Waals surface area contributed by atoms with E-state index in [0.29, 0.717) is 0 Å². The number of hydrogen-bond donors (Lipinski definition) is 0. The Morgan fingerprint density at radius 1 is 1.62 bits per heavy atom. The fourth-order valence-corrected chi connectivity index (χ4v) is 0.833. The highest BCUT2D eigenvalue weighted by Gasteiger charge is 2.14. The van der Waals surface area contributed by atoms with Crippen molar-refractivity contribution in [1.29, 1.82) is 5.26 Å². The summed E-state index contributed by atoms with van der Waals surface area (Å²) < 4.78 is 29.3. The second-order valence-electron chi connectivity index (χ2n) is 2.23. The molecule has 0 saturated carbocycles. The lowest BCUT2D eigenvalue weighted by molar-refractivity contribution is 0.150. The van der Waals surface area contributed by atoms with E-state index >= 15 is 0 Å². The van der Waals surface area contributed by atoms with Crippen LogP contribution in [0.3, 0.4) is 0 Å². The normalized spacial score (nSPS) is 9.77. The van der Waals surface area contributed by atoms with Crippen molar-refractivity contribution in [1.82, 2.24) is 4.98 Å². The second kappa shape index (κ2) is 3.81. The van der Waals surface area contributed by atoms with Gasteiger partial charge in [-0.2, -0.15) is 5.26 Å². The van der Waals surface area contributed by atoms with E-state index in [0.717, 1.165) is 6.07 Å². The zero-order chi connectivity index (χ0) is 9.84. The number of pyridine rings is 1. The van der Waals surface area contributed by atoms with Gasteiger partial charge in [-0.1, -0.05) is 0 Å². The van der Waals surface area contributed by atoms with Crippen molar-refractivity contribution in [2.45, 2.75) is 6.43 Å². The van der Waals surface area contributed by atoms with E-state index in [1.165, 1.54) is 13.3 Å². The molecule has 5 heteroatoms. The molecule has 0 bridgehead atoms. The van der Waals surface area contributed by atoms with Crippen LogP contribution >= 0.6 is 0 Å². The van der Waals surface area contributed by atoms with Crippen LogP contribution in [0.25, 0.3) is 0 Å². The quantitative estimate of drug-likeness (QED) is 0.705. The minimum atomic E-state index is -2.71. The Balaban J connectivity index is 3.20. The van der Waals surface area contributed by atoms with E-state index in [1.54, 1.807) is 6.07 Å². The third kappa shape index (κ3) is 1.90. The number of nitrogens with zero attached hydrogens (tertiary/aromatic N) is 2. The molecule has 0 fully saturated rings. The van der Waals surface area contributed by atoms with Crippen molar-refractivity contribution >= 4 is 0 Å². The van der Waals surface area contributed by atoms with Crippen LogP contribution in [0.15, 0.2) is 12.3 Å². The van der Waals surface area contributed by atoms with Crippen LogP contribution in [0.1, 0.15) is 17.7 Å². The highest BCUT2D eigenvalue weighted by molar-refractivity contribution is 5.36. The molecule has 0 aliphatic rings. The third-order valence-electron chi connectivity index (χ3n) is 1.47. The molecule has 0 spiro atoms. The minimum absolute atomic E-state index is 0.217. The monoisotopic (exact) mass is 184 g/mol. The molecule has 0 atom stereocenters. The maximum atomic E-state index is 12.3. The fourth-order valence-electron chi connectivity index (χ4n) is 0.833. The number of rotatable bonds is 2. The molecule has 0 aliphatic carbocycles. The summed E-state index contributed by atoms with van der Waals surface area (Å²) in [6.45, 7) is 0. The predicted octanol–water partition coefficient (Wildman–Crippen LogP) is 1.90. The van der Waals surface area contributed by atoms with Gasteiger partial charge in [0.25, 0.3) is 6.43 Å². The largest absolute Gasteiger partial charge is 0.495 e. The van der Waals surface area contributed by atoms with Crippen LogP contribution in [-0.4, -0.2) is 12.1 Å². The molecule has 0 aliphatic heterocycles. The van der Waals surface area contributed by atoms with E-state index in [1.807, 2.05) is 0 Å². The molecule has 68 valence electrons. The first-order valence-corrected chi connectivity index (χ1v) is 3.41. The van der Waals surface area contributed by atoms with E-state index in [-0.39, 0.29) is 11.4 Å². The van der Waals surface area contributed by atoms with Crippen LogP contribution in [0.4, 0.5) is 8.78 Å². The minimum Gasteiger partial charge on any atom is -0.495 e. The van der Waals surface area contributed by atoms with Crippen LogP contribution in [0.5, 0.6) is 5.75 Å². The molecule has 13 heavy (non-hydrogen) atoms. The summed E-state index contributed by atoms with van der Waals surface area (Å²) >= 11 is 0. The Hall–Kier alpha value is -1.70. The zero-order valence-electron chi connectivity index (χ0n) is 6.79. The van der Waals surface area contributed by atoms with Gasteiger partial charge in [0.2, 0.25) is 0 Å². The van der Waals surface area contributed by atoms with Gasteiger partial charge in [0.15, 0.2) is 0 Å². The van der Waals surface area contributed by atoms with Gasteiger partial charge in [-0.05, 0) is 6.07 Å². The fraction of sp³-hybridized carbons (Fsp3) is 0.250. The molecule has 1 aromatic heterocycles. The molecule has 0 radical (unpaired) electrons. The smallest absolute Gasteiger partial charge is 0.266 e. The Labute approximate surface area is 73.6 Å². The van der Waals surface area contributed by atoms with Crippen LogP contribution in [-0.2, 0) is 0 Å². The van der Waals surface area contributed by atoms with Crippen molar-refractivity contribution in [2.24, 2.45) is 0 Å². The van der Waals surface area contributed by atoms with E-state index < -0.39 is 12.0 Å². The number of aromatic nitrogens is 1. The first-order chi connectivity index (χ1) is 6.19. The maximum absolute atomic E-state index is 12.3. The first kappa shape index (κ1) is 9.39. The highest BCUT2D eigenvalue weighted by atomic mass is 19.3. The summed E-state index contributed by atoms with van der Waals surface area (Å²) in [4.78, 5) is 3.52. The molecule has 3 nitrogen and oxygen atoms in total. The van der Waals surface area contributed by atoms with Crippen molar-refractivity contribution in [3.8, 4) is 11.8 Å². The molecule has 0 unspecified atom stereocenters. The van der Waals surface area contributed by atoms with Gasteiger partial charge in [0, 0.05) is 0 Å². The molecule has 0 N–H and O–H groups in total. The SMILES string of the molecule is COc1cnc(C#N)c(C(F)F)c1. The van der Waals surface area contributed by atoms with Gasteiger partial charge in [0.05, 0.1) is 18.9 Å². The lowest BCUT2D eigenvalue weighted by Gasteiger charge is -2.03. The highest BCUT2D eigenvalue weighted by Crippen LogP contribution is 2.24.